The van der Waals surface area contributed by atoms with Gasteiger partial charge in [0.1, 0.15) is 0 Å². The fourth-order valence-electron chi connectivity index (χ4n) is 3.14. The van der Waals surface area contributed by atoms with E-state index in [1.54, 1.807) is 0 Å². The Morgan fingerprint density at radius 1 is 1.19 bits per heavy atom. The molecule has 0 spiro atoms. The van der Waals surface area contributed by atoms with Gasteiger partial charge in [-0.1, -0.05) is 44.2 Å². The summed E-state index contributed by atoms with van der Waals surface area (Å²) in [5.74, 6) is 0.559. The van der Waals surface area contributed by atoms with E-state index in [0.717, 1.165) is 39.0 Å². The fraction of sp³-hybridized carbons (Fsp3) is 0.611. The van der Waals surface area contributed by atoms with E-state index in [1.165, 1.54) is 5.56 Å². The van der Waals surface area contributed by atoms with Crippen LogP contribution in [-0.4, -0.2) is 41.4 Å². The van der Waals surface area contributed by atoms with Crippen LogP contribution in [0.2, 0.25) is 0 Å². The number of hydrogen-bond donors (Lipinski definition) is 0. The molecule has 1 fully saturated rings. The van der Waals surface area contributed by atoms with Crippen molar-refractivity contribution in [2.45, 2.75) is 46.2 Å². The minimum atomic E-state index is 0.206. The highest BCUT2D eigenvalue weighted by Crippen LogP contribution is 2.18. The van der Waals surface area contributed by atoms with E-state index >= 15 is 0 Å². The van der Waals surface area contributed by atoms with Crippen LogP contribution in [0.25, 0.3) is 0 Å². The second-order valence-corrected chi connectivity index (χ2v) is 6.10. The summed E-state index contributed by atoms with van der Waals surface area (Å²) in [5.41, 5.74) is 1.35. The van der Waals surface area contributed by atoms with Crippen molar-refractivity contribution in [2.24, 2.45) is 5.92 Å². The molecule has 1 amide bonds. The van der Waals surface area contributed by atoms with E-state index in [4.69, 9.17) is 0 Å². The number of carbonyl (C=O) groups excluding carboxylic acids is 1. The predicted molar refractivity (Wildman–Crippen MR) is 87.0 cm³/mol. The summed E-state index contributed by atoms with van der Waals surface area (Å²) in [6.45, 7) is 10.1. The van der Waals surface area contributed by atoms with E-state index in [-0.39, 0.29) is 5.92 Å². The number of benzene rings is 1. The summed E-state index contributed by atoms with van der Waals surface area (Å²) in [6.07, 6.45) is 1.90. The van der Waals surface area contributed by atoms with Crippen molar-refractivity contribution in [3.63, 3.8) is 0 Å². The maximum atomic E-state index is 12.5. The van der Waals surface area contributed by atoms with E-state index in [0.29, 0.717) is 11.9 Å². The van der Waals surface area contributed by atoms with Crippen LogP contribution in [0, 0.1) is 5.92 Å². The number of piperazine rings is 1. The molecule has 1 saturated heterocycles. The van der Waals surface area contributed by atoms with Crippen LogP contribution < -0.4 is 0 Å². The number of carbonyl (C=O) groups is 1. The Morgan fingerprint density at radius 3 is 2.43 bits per heavy atom. The fourth-order valence-corrected chi connectivity index (χ4v) is 3.14. The lowest BCUT2D eigenvalue weighted by molar-refractivity contribution is -0.138. The van der Waals surface area contributed by atoms with Crippen molar-refractivity contribution in [1.29, 1.82) is 0 Å². The minimum Gasteiger partial charge on any atom is -0.340 e. The van der Waals surface area contributed by atoms with Gasteiger partial charge < -0.3 is 4.90 Å². The Kier molecular flexibility index (Phi) is 5.80. The Balaban J connectivity index is 1.91. The summed E-state index contributed by atoms with van der Waals surface area (Å²) < 4.78 is 0. The van der Waals surface area contributed by atoms with Crippen molar-refractivity contribution in [3.8, 4) is 0 Å². The van der Waals surface area contributed by atoms with E-state index in [1.807, 2.05) is 0 Å². The molecule has 0 aliphatic carbocycles. The van der Waals surface area contributed by atoms with Crippen molar-refractivity contribution in [1.82, 2.24) is 9.80 Å². The van der Waals surface area contributed by atoms with E-state index in [2.05, 4.69) is 60.9 Å². The topological polar surface area (TPSA) is 23.6 Å². The van der Waals surface area contributed by atoms with Gasteiger partial charge in [0.15, 0.2) is 0 Å². The van der Waals surface area contributed by atoms with Gasteiger partial charge in [0, 0.05) is 38.1 Å². The molecule has 1 unspecified atom stereocenters. The van der Waals surface area contributed by atoms with Gasteiger partial charge in [-0.2, -0.15) is 0 Å². The smallest absolute Gasteiger partial charge is 0.225 e. The quantitative estimate of drug-likeness (QED) is 0.831. The van der Waals surface area contributed by atoms with Gasteiger partial charge in [-0.25, -0.2) is 0 Å². The van der Waals surface area contributed by atoms with Crippen LogP contribution in [0.4, 0.5) is 0 Å². The molecule has 1 atom stereocenters. The molecule has 0 saturated carbocycles. The third kappa shape index (κ3) is 4.07. The van der Waals surface area contributed by atoms with Crippen molar-refractivity contribution >= 4 is 5.91 Å². The maximum Gasteiger partial charge on any atom is 0.225 e. The first kappa shape index (κ1) is 16.0. The molecule has 0 bridgehead atoms. The van der Waals surface area contributed by atoms with Gasteiger partial charge in [-0.3, -0.25) is 9.69 Å². The molecule has 0 aromatic heterocycles. The molecule has 116 valence electrons. The van der Waals surface area contributed by atoms with Crippen LogP contribution in [-0.2, 0) is 11.3 Å². The lowest BCUT2D eigenvalue weighted by atomic mass is 10.0. The third-order valence-corrected chi connectivity index (χ3v) is 4.64. The lowest BCUT2D eigenvalue weighted by Crippen LogP contribution is -2.54. The molecule has 21 heavy (non-hydrogen) atoms. The Morgan fingerprint density at radius 2 is 1.86 bits per heavy atom. The average Bonchev–Trinajstić information content (AvgIpc) is 2.51. The molecular formula is C18H28N2O. The molecule has 1 aromatic rings. The molecule has 1 aromatic carbocycles. The molecule has 0 N–H and O–H groups in total. The highest BCUT2D eigenvalue weighted by molar-refractivity contribution is 5.78. The number of hydrogen-bond acceptors (Lipinski definition) is 2. The van der Waals surface area contributed by atoms with E-state index < -0.39 is 0 Å². The second-order valence-electron chi connectivity index (χ2n) is 6.10. The minimum absolute atomic E-state index is 0.206. The lowest BCUT2D eigenvalue weighted by Gasteiger charge is -2.41. The standard InChI is InChI=1S/C18H28N2O/c1-4-17(5-2)18(21)20-12-11-19(15(3)13-20)14-16-9-7-6-8-10-16/h6-10,15,17H,4-5,11-14H2,1-3H3. The summed E-state index contributed by atoms with van der Waals surface area (Å²) in [4.78, 5) is 17.0. The average molecular weight is 288 g/mol. The van der Waals surface area contributed by atoms with Crippen molar-refractivity contribution < 1.29 is 4.79 Å². The van der Waals surface area contributed by atoms with Crippen LogP contribution in [0.3, 0.4) is 0 Å². The molecule has 1 heterocycles. The molecule has 2 rings (SSSR count). The second kappa shape index (κ2) is 7.60. The normalized spacial score (nSPS) is 20.0. The van der Waals surface area contributed by atoms with Crippen molar-refractivity contribution in [3.05, 3.63) is 35.9 Å². The predicted octanol–water partition coefficient (Wildman–Crippen LogP) is 3.16. The summed E-state index contributed by atoms with van der Waals surface area (Å²) in [7, 11) is 0. The summed E-state index contributed by atoms with van der Waals surface area (Å²) >= 11 is 0. The van der Waals surface area contributed by atoms with Gasteiger partial charge in [0.05, 0.1) is 0 Å². The summed E-state index contributed by atoms with van der Waals surface area (Å²) in [5, 5.41) is 0. The first-order chi connectivity index (χ1) is 10.2. The Hall–Kier alpha value is -1.35. The van der Waals surface area contributed by atoms with Crippen LogP contribution in [0.15, 0.2) is 30.3 Å². The van der Waals surface area contributed by atoms with E-state index in [9.17, 15) is 4.79 Å². The first-order valence-corrected chi connectivity index (χ1v) is 8.22. The zero-order valence-electron chi connectivity index (χ0n) is 13.6. The van der Waals surface area contributed by atoms with Gasteiger partial charge in [-0.15, -0.1) is 0 Å². The number of rotatable bonds is 5. The third-order valence-electron chi connectivity index (χ3n) is 4.64. The molecule has 1 aliphatic rings. The molecule has 1 aliphatic heterocycles. The highest BCUT2D eigenvalue weighted by atomic mass is 16.2. The van der Waals surface area contributed by atoms with Gasteiger partial charge in [-0.05, 0) is 25.3 Å². The van der Waals surface area contributed by atoms with Crippen LogP contribution >= 0.6 is 0 Å². The van der Waals surface area contributed by atoms with Gasteiger partial charge in [0.25, 0.3) is 0 Å². The highest BCUT2D eigenvalue weighted by Gasteiger charge is 2.29. The number of nitrogens with zero attached hydrogens (tertiary/aromatic N) is 2. The zero-order chi connectivity index (χ0) is 15.2. The SMILES string of the molecule is CCC(CC)C(=O)N1CCN(Cc2ccccc2)C(C)C1. The monoisotopic (exact) mass is 288 g/mol. The molecular weight excluding hydrogens is 260 g/mol. The largest absolute Gasteiger partial charge is 0.340 e. The molecule has 3 nitrogen and oxygen atoms in total. The van der Waals surface area contributed by atoms with Gasteiger partial charge >= 0.3 is 0 Å². The zero-order valence-corrected chi connectivity index (χ0v) is 13.6. The maximum absolute atomic E-state index is 12.5. The van der Waals surface area contributed by atoms with Crippen LogP contribution in [0.1, 0.15) is 39.2 Å². The number of amides is 1. The van der Waals surface area contributed by atoms with Gasteiger partial charge in [0.2, 0.25) is 5.91 Å². The summed E-state index contributed by atoms with van der Waals surface area (Å²) in [6, 6.07) is 11.0. The molecule has 3 heteroatoms. The molecule has 0 radical (unpaired) electrons. The van der Waals surface area contributed by atoms with Crippen molar-refractivity contribution in [2.75, 3.05) is 19.6 Å². The van der Waals surface area contributed by atoms with Crippen LogP contribution in [0.5, 0.6) is 0 Å². The first-order valence-electron chi connectivity index (χ1n) is 8.22. The Bertz CT molecular complexity index is 442. The Labute approximate surface area is 128 Å².